The molecular formula is C17H20N2O4. The fraction of sp³-hybridized carbons (Fsp3) is 0.412. The normalized spacial score (nSPS) is 17.0. The number of para-hydroxylation sites is 1. The monoisotopic (exact) mass is 316 g/mol. The van der Waals surface area contributed by atoms with Gasteiger partial charge in [0.05, 0.1) is 18.4 Å². The van der Waals surface area contributed by atoms with Gasteiger partial charge in [-0.05, 0) is 24.5 Å². The molecule has 6 heteroatoms. The summed E-state index contributed by atoms with van der Waals surface area (Å²) < 4.78 is 5.30. The molecule has 1 aromatic heterocycles. The van der Waals surface area contributed by atoms with Crippen LogP contribution >= 0.6 is 0 Å². The van der Waals surface area contributed by atoms with Crippen LogP contribution in [0.25, 0.3) is 10.9 Å². The van der Waals surface area contributed by atoms with Crippen LogP contribution in [0.1, 0.15) is 24.8 Å². The first kappa shape index (κ1) is 15.6. The number of fused-ring (bicyclic) bond motifs is 1. The van der Waals surface area contributed by atoms with Crippen molar-refractivity contribution in [2.45, 2.75) is 31.2 Å². The lowest BCUT2D eigenvalue weighted by molar-refractivity contribution is -0.140. The third-order valence-corrected chi connectivity index (χ3v) is 4.37. The van der Waals surface area contributed by atoms with Crippen LogP contribution in [0.5, 0.6) is 0 Å². The number of H-pyrrole nitrogens is 1. The van der Waals surface area contributed by atoms with E-state index >= 15 is 0 Å². The Morgan fingerprint density at radius 2 is 2.00 bits per heavy atom. The van der Waals surface area contributed by atoms with Crippen molar-refractivity contribution in [2.24, 2.45) is 0 Å². The van der Waals surface area contributed by atoms with Gasteiger partial charge in [-0.1, -0.05) is 18.2 Å². The fourth-order valence-electron chi connectivity index (χ4n) is 3.19. The van der Waals surface area contributed by atoms with E-state index in [4.69, 9.17) is 9.84 Å². The number of ether oxygens (including phenoxy) is 1. The van der Waals surface area contributed by atoms with E-state index in [0.29, 0.717) is 26.1 Å². The number of carbonyl (C=O) groups is 2. The Labute approximate surface area is 133 Å². The number of amides is 1. The molecule has 0 aliphatic carbocycles. The number of aromatic nitrogens is 1. The average molecular weight is 316 g/mol. The van der Waals surface area contributed by atoms with Gasteiger partial charge >= 0.3 is 5.97 Å². The maximum atomic E-state index is 12.5. The second-order valence-corrected chi connectivity index (χ2v) is 6.05. The molecule has 0 bridgehead atoms. The number of nitrogens with one attached hydrogen (secondary N) is 2. The molecule has 3 N–H and O–H groups in total. The highest BCUT2D eigenvalue weighted by molar-refractivity contribution is 5.89. The van der Waals surface area contributed by atoms with Crippen LogP contribution in [-0.2, 0) is 20.7 Å². The van der Waals surface area contributed by atoms with Crippen LogP contribution in [0.15, 0.2) is 30.5 Å². The Balaban J connectivity index is 1.73. The van der Waals surface area contributed by atoms with Gasteiger partial charge in [-0.15, -0.1) is 0 Å². The minimum Gasteiger partial charge on any atom is -0.481 e. The molecule has 0 radical (unpaired) electrons. The number of hydrogen-bond donors (Lipinski definition) is 3. The smallest absolute Gasteiger partial charge is 0.305 e. The number of carbonyl (C=O) groups excluding carboxylic acids is 1. The summed E-state index contributed by atoms with van der Waals surface area (Å²) in [5, 5.41) is 13.1. The lowest BCUT2D eigenvalue weighted by Gasteiger charge is -2.36. The van der Waals surface area contributed by atoms with Crippen molar-refractivity contribution in [1.29, 1.82) is 0 Å². The number of carboxylic acids is 1. The number of rotatable bonds is 5. The van der Waals surface area contributed by atoms with Crippen molar-refractivity contribution in [3.05, 3.63) is 36.0 Å². The third-order valence-electron chi connectivity index (χ3n) is 4.37. The van der Waals surface area contributed by atoms with Crippen LogP contribution in [-0.4, -0.2) is 40.7 Å². The zero-order valence-electron chi connectivity index (χ0n) is 12.8. The maximum absolute atomic E-state index is 12.5. The molecule has 6 nitrogen and oxygen atoms in total. The van der Waals surface area contributed by atoms with E-state index in [9.17, 15) is 9.59 Å². The van der Waals surface area contributed by atoms with Crippen molar-refractivity contribution < 1.29 is 19.4 Å². The molecule has 1 fully saturated rings. The van der Waals surface area contributed by atoms with E-state index in [0.717, 1.165) is 16.5 Å². The second kappa shape index (κ2) is 6.42. The lowest BCUT2D eigenvalue weighted by atomic mass is 9.86. The topological polar surface area (TPSA) is 91.4 Å². The van der Waals surface area contributed by atoms with Crippen molar-refractivity contribution >= 4 is 22.8 Å². The second-order valence-electron chi connectivity index (χ2n) is 6.05. The van der Waals surface area contributed by atoms with Crippen molar-refractivity contribution in [1.82, 2.24) is 10.3 Å². The van der Waals surface area contributed by atoms with Gasteiger partial charge in [0.15, 0.2) is 0 Å². The summed E-state index contributed by atoms with van der Waals surface area (Å²) in [6.07, 6.45) is 3.04. The summed E-state index contributed by atoms with van der Waals surface area (Å²) >= 11 is 0. The SMILES string of the molecule is O=C(O)CC1(NC(=O)Cc2c[nH]c3ccccc23)CCOCC1. The summed E-state index contributed by atoms with van der Waals surface area (Å²) in [4.78, 5) is 26.7. The summed E-state index contributed by atoms with van der Waals surface area (Å²) in [5.41, 5.74) is 1.20. The van der Waals surface area contributed by atoms with Crippen LogP contribution in [0.2, 0.25) is 0 Å². The first-order valence-electron chi connectivity index (χ1n) is 7.74. The van der Waals surface area contributed by atoms with Gasteiger partial charge in [0.1, 0.15) is 0 Å². The number of aromatic amines is 1. The minimum atomic E-state index is -0.903. The molecule has 1 aromatic carbocycles. The molecule has 0 spiro atoms. The van der Waals surface area contributed by atoms with E-state index in [1.54, 1.807) is 0 Å². The molecule has 23 heavy (non-hydrogen) atoms. The molecule has 122 valence electrons. The Bertz CT molecular complexity index is 716. The van der Waals surface area contributed by atoms with E-state index in [1.807, 2.05) is 30.5 Å². The Hall–Kier alpha value is -2.34. The predicted octanol–water partition coefficient (Wildman–Crippen LogP) is 1.85. The Kier molecular flexibility index (Phi) is 4.34. The third kappa shape index (κ3) is 3.53. The molecular weight excluding hydrogens is 296 g/mol. The molecule has 0 saturated carbocycles. The first-order chi connectivity index (χ1) is 11.1. The summed E-state index contributed by atoms with van der Waals surface area (Å²) in [6.45, 7) is 0.946. The number of carboxylic acid groups (broad SMARTS) is 1. The zero-order valence-corrected chi connectivity index (χ0v) is 12.8. The highest BCUT2D eigenvalue weighted by atomic mass is 16.5. The molecule has 0 unspecified atom stereocenters. The summed E-state index contributed by atoms with van der Waals surface area (Å²) in [6, 6.07) is 7.80. The molecule has 1 amide bonds. The molecule has 1 aliphatic heterocycles. The van der Waals surface area contributed by atoms with Gasteiger partial charge in [0, 0.05) is 30.3 Å². The molecule has 1 aliphatic rings. The van der Waals surface area contributed by atoms with Crippen molar-refractivity contribution in [2.75, 3.05) is 13.2 Å². The summed E-state index contributed by atoms with van der Waals surface area (Å²) in [5.74, 6) is -1.06. The highest BCUT2D eigenvalue weighted by Crippen LogP contribution is 2.25. The molecule has 0 atom stereocenters. The number of hydrogen-bond acceptors (Lipinski definition) is 3. The van der Waals surface area contributed by atoms with Gasteiger partial charge < -0.3 is 20.1 Å². The van der Waals surface area contributed by atoms with E-state index < -0.39 is 11.5 Å². The molecule has 2 aromatic rings. The average Bonchev–Trinajstić information content (AvgIpc) is 2.90. The zero-order chi connectivity index (χ0) is 16.3. The summed E-state index contributed by atoms with van der Waals surface area (Å²) in [7, 11) is 0. The van der Waals surface area contributed by atoms with Crippen LogP contribution in [0, 0.1) is 0 Å². The maximum Gasteiger partial charge on any atom is 0.305 e. The lowest BCUT2D eigenvalue weighted by Crippen LogP contribution is -2.53. The fourth-order valence-corrected chi connectivity index (χ4v) is 3.19. The van der Waals surface area contributed by atoms with Gasteiger partial charge in [0.2, 0.25) is 5.91 Å². The van der Waals surface area contributed by atoms with Crippen LogP contribution in [0.4, 0.5) is 0 Å². The van der Waals surface area contributed by atoms with Crippen molar-refractivity contribution in [3.63, 3.8) is 0 Å². The predicted molar refractivity (Wildman–Crippen MR) is 85.2 cm³/mol. The molecule has 3 rings (SSSR count). The van der Waals surface area contributed by atoms with E-state index in [-0.39, 0.29) is 18.7 Å². The quantitative estimate of drug-likeness (QED) is 0.785. The van der Waals surface area contributed by atoms with Gasteiger partial charge in [-0.3, -0.25) is 9.59 Å². The first-order valence-corrected chi connectivity index (χ1v) is 7.74. The minimum absolute atomic E-state index is 0.0734. The molecule has 1 saturated heterocycles. The van der Waals surface area contributed by atoms with E-state index in [1.165, 1.54) is 0 Å². The van der Waals surface area contributed by atoms with Gasteiger partial charge in [-0.25, -0.2) is 0 Å². The van der Waals surface area contributed by atoms with Crippen molar-refractivity contribution in [3.8, 4) is 0 Å². The Morgan fingerprint density at radius 1 is 1.26 bits per heavy atom. The van der Waals surface area contributed by atoms with Gasteiger partial charge in [-0.2, -0.15) is 0 Å². The highest BCUT2D eigenvalue weighted by Gasteiger charge is 2.36. The largest absolute Gasteiger partial charge is 0.481 e. The van der Waals surface area contributed by atoms with Crippen LogP contribution < -0.4 is 5.32 Å². The molecule has 2 heterocycles. The number of aliphatic carboxylic acids is 1. The van der Waals surface area contributed by atoms with Crippen LogP contribution in [0.3, 0.4) is 0 Å². The number of benzene rings is 1. The van der Waals surface area contributed by atoms with E-state index in [2.05, 4.69) is 10.3 Å². The van der Waals surface area contributed by atoms with Gasteiger partial charge in [0.25, 0.3) is 0 Å². The standard InChI is InChI=1S/C17H20N2O4/c20-15(9-12-11-18-14-4-2-1-3-13(12)14)19-17(10-16(21)22)5-7-23-8-6-17/h1-4,11,18H,5-10H2,(H,19,20)(H,21,22). The Morgan fingerprint density at radius 3 is 2.74 bits per heavy atom.